The third kappa shape index (κ3) is 26.2. The van der Waals surface area contributed by atoms with Gasteiger partial charge in [0.05, 0.1) is 30.9 Å². The molecule has 0 amide bonds. The van der Waals surface area contributed by atoms with Crippen molar-refractivity contribution in [2.24, 2.45) is 0 Å². The zero-order valence-corrected chi connectivity index (χ0v) is 44.7. The number of nitriles is 1. The average molecular weight is 1260 g/mol. The molecule has 0 saturated heterocycles. The van der Waals surface area contributed by atoms with Gasteiger partial charge in [-0.1, -0.05) is 51.8 Å². The fourth-order valence-electron chi connectivity index (χ4n) is 4.45. The molecule has 21 heteroatoms. The van der Waals surface area contributed by atoms with E-state index in [1.54, 1.807) is 37.3 Å². The third-order valence-corrected chi connectivity index (χ3v) is 10.5. The fourth-order valence-corrected chi connectivity index (χ4v) is 6.18. The van der Waals surface area contributed by atoms with Gasteiger partial charge in [0.25, 0.3) is 0 Å². The van der Waals surface area contributed by atoms with E-state index in [-0.39, 0.29) is 38.2 Å². The Morgan fingerprint density at radius 2 is 0.944 bits per heavy atom. The van der Waals surface area contributed by atoms with Crippen molar-refractivity contribution < 1.29 is 26.3 Å². The highest BCUT2D eigenvalue weighted by Gasteiger charge is 2.02. The van der Waals surface area contributed by atoms with Crippen molar-refractivity contribution in [3.8, 4) is 6.07 Å². The minimum Gasteiger partial charge on any atom is -0.399 e. The standard InChI is InChI=1S/C7H5FN2.C7H8FN.C7H9N.2C6H5BrFN.C6H6BrN.C6H5ClFN.C5H4BrFN2/c8-7-2-1-6(10)3-5(7)4-9;1-5-4-6(9)2-3-7(5)8;1-6-3-2-4-7(8)5-6;7-5-3-4(9)1-2-6(5)8;7-4-2-1-3-5(9)6(4)8;7-5-2-1-3-6(8)4-5;7-5-3-4(9)1-2-6(5)8;6-5-4(7)3(8)1-2-9-5/h1-3H,10H2;2-4H,9H2,1H3;2-5H,8H2,1H3;2*1-3H,9H2;1-4H,8H2;1-3H,9H2;1-2H,(H2,8,9). The Bertz CT molecular complexity index is 2680. The minimum atomic E-state index is -0.531. The van der Waals surface area contributed by atoms with Crippen LogP contribution in [0.15, 0.2) is 170 Å². The maximum atomic E-state index is 12.6. The van der Waals surface area contributed by atoms with Gasteiger partial charge in [0, 0.05) is 44.8 Å². The number of nitrogens with zero attached hydrogens (tertiary/aromatic N) is 2. The van der Waals surface area contributed by atoms with E-state index in [1.807, 2.05) is 55.5 Å². The van der Waals surface area contributed by atoms with Crippen molar-refractivity contribution in [2.75, 3.05) is 45.9 Å². The van der Waals surface area contributed by atoms with Gasteiger partial charge >= 0.3 is 0 Å². The average Bonchev–Trinajstić information content (AvgIpc) is 3.31. The smallest absolute Gasteiger partial charge is 0.178 e. The number of hydrogen-bond acceptors (Lipinski definition) is 10. The molecule has 0 fully saturated rings. The third-order valence-electron chi connectivity index (χ3n) is 7.93. The highest BCUT2D eigenvalue weighted by Crippen LogP contribution is 2.21. The number of nitrogen functional groups attached to an aromatic ring is 8. The largest absolute Gasteiger partial charge is 0.399 e. The van der Waals surface area contributed by atoms with Crippen LogP contribution in [0.4, 0.5) is 71.8 Å². The van der Waals surface area contributed by atoms with Crippen molar-refractivity contribution in [3.05, 3.63) is 226 Å². The van der Waals surface area contributed by atoms with E-state index in [2.05, 4.69) is 68.7 Å². The number of rotatable bonds is 0. The number of halogens is 11. The maximum Gasteiger partial charge on any atom is 0.178 e. The van der Waals surface area contributed by atoms with Crippen molar-refractivity contribution in [1.29, 1.82) is 5.26 Å². The Labute approximate surface area is 446 Å². The predicted octanol–water partition coefficient (Wildman–Crippen LogP) is 14.6. The van der Waals surface area contributed by atoms with Crippen LogP contribution in [0.3, 0.4) is 0 Å². The molecule has 1 heterocycles. The Kier molecular flexibility index (Phi) is 29.0. The Morgan fingerprint density at radius 3 is 1.32 bits per heavy atom. The number of aryl methyl sites for hydroxylation is 2. The van der Waals surface area contributed by atoms with Crippen LogP contribution in [0.5, 0.6) is 0 Å². The number of nitrogens with two attached hydrogens (primary N) is 8. The first kappa shape index (κ1) is 62.4. The molecule has 374 valence electrons. The lowest BCUT2D eigenvalue weighted by atomic mass is 10.2. The van der Waals surface area contributed by atoms with E-state index in [0.29, 0.717) is 37.3 Å². The van der Waals surface area contributed by atoms with Crippen LogP contribution in [0.1, 0.15) is 16.7 Å². The quantitative estimate of drug-likeness (QED) is 0.0405. The van der Waals surface area contributed by atoms with Gasteiger partial charge in [-0.25, -0.2) is 31.3 Å². The molecule has 8 rings (SSSR count). The van der Waals surface area contributed by atoms with Crippen molar-refractivity contribution in [3.63, 3.8) is 0 Å². The van der Waals surface area contributed by atoms with Crippen LogP contribution < -0.4 is 45.9 Å². The Balaban J connectivity index is 0.000000406. The Hall–Kier alpha value is -6.63. The molecule has 1 aromatic heterocycles. The van der Waals surface area contributed by atoms with Gasteiger partial charge in [0.15, 0.2) is 11.6 Å². The molecular formula is C50H47Br4ClF6N10. The first-order valence-electron chi connectivity index (χ1n) is 19.8. The van der Waals surface area contributed by atoms with Crippen LogP contribution in [0, 0.1) is 60.1 Å². The highest BCUT2D eigenvalue weighted by atomic mass is 79.9. The Morgan fingerprint density at radius 1 is 0.465 bits per heavy atom. The second-order valence-electron chi connectivity index (χ2n) is 13.8. The fraction of sp³-hybridized carbons (Fsp3) is 0.0400. The van der Waals surface area contributed by atoms with Crippen molar-refractivity contribution in [1.82, 2.24) is 4.98 Å². The first-order chi connectivity index (χ1) is 33.3. The molecule has 0 radical (unpaired) electrons. The van der Waals surface area contributed by atoms with Gasteiger partial charge in [-0.15, -0.1) is 0 Å². The summed E-state index contributed by atoms with van der Waals surface area (Å²) in [7, 11) is 0. The molecule has 16 N–H and O–H groups in total. The number of hydrogen-bond donors (Lipinski definition) is 8. The van der Waals surface area contributed by atoms with E-state index >= 15 is 0 Å². The topological polar surface area (TPSA) is 245 Å². The molecule has 0 atom stereocenters. The number of pyridine rings is 1. The van der Waals surface area contributed by atoms with Crippen LogP contribution in [-0.4, -0.2) is 4.98 Å². The zero-order valence-electron chi connectivity index (χ0n) is 37.6. The molecular weight excluding hydrogens is 1210 g/mol. The summed E-state index contributed by atoms with van der Waals surface area (Å²) in [6, 6.07) is 40.1. The molecule has 0 bridgehead atoms. The van der Waals surface area contributed by atoms with E-state index in [9.17, 15) is 26.3 Å². The molecule has 0 aliphatic carbocycles. The maximum absolute atomic E-state index is 12.6. The number of aromatic nitrogens is 1. The zero-order chi connectivity index (χ0) is 53.8. The van der Waals surface area contributed by atoms with E-state index in [1.165, 1.54) is 84.6 Å². The van der Waals surface area contributed by atoms with Gasteiger partial charge < -0.3 is 45.9 Å². The molecule has 71 heavy (non-hydrogen) atoms. The summed E-state index contributed by atoms with van der Waals surface area (Å²) < 4.78 is 76.7. The molecule has 0 unspecified atom stereocenters. The van der Waals surface area contributed by atoms with Crippen molar-refractivity contribution in [2.45, 2.75) is 13.8 Å². The summed E-state index contributed by atoms with van der Waals surface area (Å²) >= 11 is 17.5. The summed E-state index contributed by atoms with van der Waals surface area (Å²) in [5, 5.41) is 8.36. The summed E-state index contributed by atoms with van der Waals surface area (Å²) in [6.07, 6.45) is 1.43. The lowest BCUT2D eigenvalue weighted by Crippen LogP contribution is -1.91. The van der Waals surface area contributed by atoms with Gasteiger partial charge in [-0.2, -0.15) is 5.26 Å². The number of benzene rings is 7. The molecule has 0 spiro atoms. The molecule has 0 aliphatic rings. The van der Waals surface area contributed by atoms with Crippen molar-refractivity contribution >= 4 is 121 Å². The van der Waals surface area contributed by atoms with E-state index in [4.69, 9.17) is 62.7 Å². The molecule has 10 nitrogen and oxygen atoms in total. The van der Waals surface area contributed by atoms with Crippen LogP contribution in [0.2, 0.25) is 5.02 Å². The van der Waals surface area contributed by atoms with E-state index in [0.717, 1.165) is 15.8 Å². The molecule has 0 aliphatic heterocycles. The number of anilines is 8. The predicted molar refractivity (Wildman–Crippen MR) is 294 cm³/mol. The lowest BCUT2D eigenvalue weighted by Gasteiger charge is -1.95. The molecule has 0 saturated carbocycles. The summed E-state index contributed by atoms with van der Waals surface area (Å²) in [5.74, 6) is -2.36. The minimum absolute atomic E-state index is 0.0139. The first-order valence-corrected chi connectivity index (χ1v) is 23.4. The summed E-state index contributed by atoms with van der Waals surface area (Å²) in [5.41, 5.74) is 48.3. The SMILES string of the molecule is Cc1cc(N)ccc1F.Cc1cccc(N)c1.N#Cc1cc(N)ccc1F.Nc1ccc(F)c(Br)c1.Nc1ccc(F)c(Cl)c1.Nc1cccc(Br)c1.Nc1cccc(Br)c1F.Nc1ccnc(Br)c1F. The second kappa shape index (κ2) is 33.0. The summed E-state index contributed by atoms with van der Waals surface area (Å²) in [4.78, 5) is 3.60. The van der Waals surface area contributed by atoms with Crippen LogP contribution in [-0.2, 0) is 0 Å². The van der Waals surface area contributed by atoms with Crippen LogP contribution in [0.25, 0.3) is 0 Å². The van der Waals surface area contributed by atoms with Gasteiger partial charge in [0.1, 0.15) is 33.9 Å². The van der Waals surface area contributed by atoms with Gasteiger partial charge in [-0.05, 0) is 194 Å². The second-order valence-corrected chi connectivity index (χ2v) is 17.6. The van der Waals surface area contributed by atoms with Gasteiger partial charge in [-0.3, -0.25) is 0 Å². The highest BCUT2D eigenvalue weighted by molar-refractivity contribution is 9.11. The van der Waals surface area contributed by atoms with Crippen LogP contribution >= 0.6 is 75.3 Å². The lowest BCUT2D eigenvalue weighted by molar-refractivity contribution is 0.618. The normalized spacial score (nSPS) is 9.35. The summed E-state index contributed by atoms with van der Waals surface area (Å²) in [6.45, 7) is 3.71. The molecule has 7 aromatic carbocycles. The monoisotopic (exact) mass is 1250 g/mol. The molecule has 8 aromatic rings. The van der Waals surface area contributed by atoms with Gasteiger partial charge in [0.2, 0.25) is 0 Å². The van der Waals surface area contributed by atoms with E-state index < -0.39 is 23.3 Å².